The van der Waals surface area contributed by atoms with Crippen LogP contribution in [-0.4, -0.2) is 37.2 Å². The van der Waals surface area contributed by atoms with Gasteiger partial charge in [0.05, 0.1) is 23.5 Å². The molecule has 32 heavy (non-hydrogen) atoms. The predicted molar refractivity (Wildman–Crippen MR) is 108 cm³/mol. The van der Waals surface area contributed by atoms with Crippen molar-refractivity contribution in [3.63, 3.8) is 0 Å². The molecule has 5 rings (SSSR count). The number of halogens is 2. The number of benzene rings is 3. The molecule has 0 fully saturated rings. The highest BCUT2D eigenvalue weighted by Crippen LogP contribution is 2.35. The van der Waals surface area contributed by atoms with Crippen molar-refractivity contribution < 1.29 is 23.5 Å². The van der Waals surface area contributed by atoms with Crippen molar-refractivity contribution in [2.75, 3.05) is 4.90 Å². The zero-order valence-corrected chi connectivity index (χ0v) is 16.2. The molecule has 2 heterocycles. The van der Waals surface area contributed by atoms with Crippen LogP contribution in [0.25, 0.3) is 16.8 Å². The van der Waals surface area contributed by atoms with Crippen LogP contribution in [0.4, 0.5) is 14.5 Å². The van der Waals surface area contributed by atoms with E-state index in [4.69, 9.17) is 0 Å². The van der Waals surface area contributed by atoms with Crippen molar-refractivity contribution in [2.45, 2.75) is 6.54 Å². The summed E-state index contributed by atoms with van der Waals surface area (Å²) in [7, 11) is 0. The van der Waals surface area contributed by atoms with Crippen LogP contribution in [0, 0.1) is 11.6 Å². The Balaban J connectivity index is 1.57. The van der Waals surface area contributed by atoms with Crippen LogP contribution in [0.2, 0.25) is 0 Å². The minimum Gasteiger partial charge on any atom is -0.478 e. The summed E-state index contributed by atoms with van der Waals surface area (Å²) >= 11 is 0. The second-order valence-electron chi connectivity index (χ2n) is 7.15. The van der Waals surface area contributed by atoms with Gasteiger partial charge in [0.15, 0.2) is 11.6 Å². The summed E-state index contributed by atoms with van der Waals surface area (Å²) in [6.07, 6.45) is 1.40. The smallest absolute Gasteiger partial charge is 0.337 e. The Morgan fingerprint density at radius 3 is 2.47 bits per heavy atom. The normalized spacial score (nSPS) is 12.8. The largest absolute Gasteiger partial charge is 0.478 e. The molecule has 1 aliphatic heterocycles. The van der Waals surface area contributed by atoms with Crippen LogP contribution in [0.5, 0.6) is 0 Å². The second-order valence-corrected chi connectivity index (χ2v) is 7.15. The lowest BCUT2D eigenvalue weighted by atomic mass is 10.0. The zero-order valence-electron chi connectivity index (χ0n) is 16.2. The fraction of sp³-hybridized carbons (Fsp3) is 0.0455. The van der Waals surface area contributed by atoms with Crippen LogP contribution < -0.4 is 4.90 Å². The van der Waals surface area contributed by atoms with Crippen LogP contribution in [-0.2, 0) is 6.54 Å². The summed E-state index contributed by atoms with van der Waals surface area (Å²) in [5.41, 5.74) is 2.56. The third kappa shape index (κ3) is 3.18. The number of rotatable bonds is 4. The number of carboxylic acid groups (broad SMARTS) is 1. The lowest BCUT2D eigenvalue weighted by molar-refractivity contribution is 0.0697. The van der Waals surface area contributed by atoms with E-state index in [1.807, 2.05) is 0 Å². The first-order chi connectivity index (χ1) is 15.4. The maximum atomic E-state index is 13.7. The molecule has 1 aromatic heterocycles. The average molecular weight is 433 g/mol. The summed E-state index contributed by atoms with van der Waals surface area (Å²) in [6, 6.07) is 12.9. The van der Waals surface area contributed by atoms with Crippen molar-refractivity contribution >= 4 is 17.6 Å². The van der Waals surface area contributed by atoms with Gasteiger partial charge in [-0.15, -0.1) is 5.10 Å². The van der Waals surface area contributed by atoms with Gasteiger partial charge < -0.3 is 10.0 Å². The SMILES string of the molecule is O=C(O)c1ccc(-c2ccc(F)c(F)c2)cc1N1Cc2ccc(-n3cnnn3)cc2C1=O. The van der Waals surface area contributed by atoms with Crippen molar-refractivity contribution in [3.05, 3.63) is 89.2 Å². The molecule has 0 aliphatic carbocycles. The number of carboxylic acids is 1. The Hall–Kier alpha value is -4.47. The summed E-state index contributed by atoms with van der Waals surface area (Å²) < 4.78 is 28.5. The second kappa shape index (κ2) is 7.34. The Morgan fingerprint density at radius 1 is 0.969 bits per heavy atom. The molecule has 1 aliphatic rings. The lowest BCUT2D eigenvalue weighted by Gasteiger charge is -2.19. The van der Waals surface area contributed by atoms with E-state index in [9.17, 15) is 23.5 Å². The first-order valence-corrected chi connectivity index (χ1v) is 9.43. The highest BCUT2D eigenvalue weighted by molar-refractivity contribution is 6.13. The fourth-order valence-corrected chi connectivity index (χ4v) is 3.70. The van der Waals surface area contributed by atoms with E-state index in [-0.39, 0.29) is 23.7 Å². The predicted octanol–water partition coefficient (Wildman–Crippen LogP) is 3.47. The molecule has 0 bridgehead atoms. The number of tetrazole rings is 1. The van der Waals surface area contributed by atoms with E-state index in [0.717, 1.165) is 12.1 Å². The monoisotopic (exact) mass is 433 g/mol. The Labute approximate surface area is 179 Å². The number of hydrogen-bond donors (Lipinski definition) is 1. The quantitative estimate of drug-likeness (QED) is 0.529. The molecule has 10 heteroatoms. The van der Waals surface area contributed by atoms with Gasteiger partial charge in [-0.1, -0.05) is 18.2 Å². The van der Waals surface area contributed by atoms with E-state index in [1.54, 1.807) is 18.2 Å². The number of carbonyl (C=O) groups excluding carboxylic acids is 1. The van der Waals surface area contributed by atoms with Crippen molar-refractivity contribution in [3.8, 4) is 16.8 Å². The summed E-state index contributed by atoms with van der Waals surface area (Å²) in [4.78, 5) is 26.4. The van der Waals surface area contributed by atoms with Crippen molar-refractivity contribution in [1.82, 2.24) is 20.2 Å². The summed E-state index contributed by atoms with van der Waals surface area (Å²) in [5, 5.41) is 20.6. The van der Waals surface area contributed by atoms with Crippen LogP contribution in [0.15, 0.2) is 60.9 Å². The molecule has 158 valence electrons. The molecule has 0 radical (unpaired) electrons. The van der Waals surface area contributed by atoms with E-state index >= 15 is 0 Å². The van der Waals surface area contributed by atoms with Gasteiger partial charge in [-0.3, -0.25) is 4.79 Å². The molecule has 3 aromatic carbocycles. The summed E-state index contributed by atoms with van der Waals surface area (Å²) in [6.45, 7) is 0.158. The van der Waals surface area contributed by atoms with Gasteiger partial charge in [-0.05, 0) is 63.5 Å². The first kappa shape index (κ1) is 19.5. The minimum atomic E-state index is -1.21. The third-order valence-corrected chi connectivity index (χ3v) is 5.28. The Bertz CT molecular complexity index is 1390. The molecule has 8 nitrogen and oxygen atoms in total. The number of nitrogens with zero attached hydrogens (tertiary/aromatic N) is 5. The number of fused-ring (bicyclic) bond motifs is 1. The van der Waals surface area contributed by atoms with Crippen molar-refractivity contribution in [1.29, 1.82) is 0 Å². The topological polar surface area (TPSA) is 101 Å². The molecule has 4 aromatic rings. The highest BCUT2D eigenvalue weighted by atomic mass is 19.2. The van der Waals surface area contributed by atoms with Gasteiger partial charge in [-0.25, -0.2) is 18.3 Å². The zero-order chi connectivity index (χ0) is 22.4. The molecule has 0 unspecified atom stereocenters. The highest BCUT2D eigenvalue weighted by Gasteiger charge is 2.31. The standard InChI is InChI=1S/C22H13F2N5O3/c23-18-6-3-12(7-19(18)24)13-2-5-16(22(31)32)20(8-13)28-10-14-1-4-15(9-17(14)21(28)30)29-11-25-26-27-29/h1-9,11H,10H2,(H,31,32). The van der Waals surface area contributed by atoms with Gasteiger partial charge >= 0.3 is 5.97 Å². The number of carbonyl (C=O) groups is 2. The molecular formula is C22H13F2N5O3. The molecule has 0 spiro atoms. The average Bonchev–Trinajstić information content (AvgIpc) is 3.43. The molecule has 0 atom stereocenters. The van der Waals surface area contributed by atoms with Crippen LogP contribution >= 0.6 is 0 Å². The van der Waals surface area contributed by atoms with E-state index in [2.05, 4.69) is 15.5 Å². The maximum Gasteiger partial charge on any atom is 0.337 e. The van der Waals surface area contributed by atoms with Crippen LogP contribution in [0.1, 0.15) is 26.3 Å². The molecule has 1 amide bonds. The number of aromatic nitrogens is 4. The van der Waals surface area contributed by atoms with Gasteiger partial charge in [-0.2, -0.15) is 0 Å². The number of aromatic carboxylic acids is 1. The van der Waals surface area contributed by atoms with Gasteiger partial charge in [0.1, 0.15) is 6.33 Å². The number of amides is 1. The maximum absolute atomic E-state index is 13.7. The van der Waals surface area contributed by atoms with E-state index < -0.39 is 17.6 Å². The van der Waals surface area contributed by atoms with Gasteiger partial charge in [0, 0.05) is 5.56 Å². The Kier molecular flexibility index (Phi) is 4.47. The number of hydrogen-bond acceptors (Lipinski definition) is 5. The number of anilines is 1. The summed E-state index contributed by atoms with van der Waals surface area (Å²) in [5.74, 6) is -3.61. The van der Waals surface area contributed by atoms with Gasteiger partial charge in [0.25, 0.3) is 5.91 Å². The molecule has 0 saturated carbocycles. The molecule has 1 N–H and O–H groups in total. The fourth-order valence-electron chi connectivity index (χ4n) is 3.70. The lowest BCUT2D eigenvalue weighted by Crippen LogP contribution is -2.25. The minimum absolute atomic E-state index is 0.0850. The van der Waals surface area contributed by atoms with E-state index in [1.165, 1.54) is 40.2 Å². The Morgan fingerprint density at radius 2 is 1.75 bits per heavy atom. The molecular weight excluding hydrogens is 420 g/mol. The van der Waals surface area contributed by atoms with Crippen LogP contribution in [0.3, 0.4) is 0 Å². The third-order valence-electron chi connectivity index (χ3n) is 5.28. The molecule has 0 saturated heterocycles. The van der Waals surface area contributed by atoms with Gasteiger partial charge in [0.2, 0.25) is 0 Å². The van der Waals surface area contributed by atoms with Crippen molar-refractivity contribution in [2.24, 2.45) is 0 Å². The first-order valence-electron chi connectivity index (χ1n) is 9.43. The van der Waals surface area contributed by atoms with E-state index in [0.29, 0.717) is 27.9 Å².